The number of halogens is 1. The van der Waals surface area contributed by atoms with E-state index in [4.69, 9.17) is 11.6 Å². The zero-order chi connectivity index (χ0) is 8.27. The van der Waals surface area contributed by atoms with Crippen molar-refractivity contribution >= 4 is 11.6 Å². The van der Waals surface area contributed by atoms with E-state index in [1.54, 1.807) is 6.07 Å². The summed E-state index contributed by atoms with van der Waals surface area (Å²) in [5.41, 5.74) is 1.27. The summed E-state index contributed by atoms with van der Waals surface area (Å²) in [6.07, 6.45) is 1.08. The van der Waals surface area contributed by atoms with Gasteiger partial charge in [-0.1, -0.05) is 31.5 Å². The van der Waals surface area contributed by atoms with Crippen molar-refractivity contribution in [2.24, 2.45) is 5.92 Å². The molecule has 0 aliphatic heterocycles. The lowest BCUT2D eigenvalue weighted by atomic mass is 10.0. The van der Waals surface area contributed by atoms with Crippen LogP contribution in [0.1, 0.15) is 19.4 Å². The third-order valence-electron chi connectivity index (χ3n) is 1.46. The molecule has 0 unspecified atom stereocenters. The minimum atomic E-state index is 0.682. The predicted octanol–water partition coefficient (Wildman–Crippen LogP) is 3.34. The highest BCUT2D eigenvalue weighted by atomic mass is 35.5. The van der Waals surface area contributed by atoms with Gasteiger partial charge in [0.2, 0.25) is 0 Å². The van der Waals surface area contributed by atoms with E-state index < -0.39 is 0 Å². The Kier molecular flexibility index (Phi) is 2.95. The molecule has 0 atom stereocenters. The number of hydrogen-bond acceptors (Lipinski definition) is 0. The summed E-state index contributed by atoms with van der Waals surface area (Å²) in [5, 5.41) is 0.781. The molecule has 1 heteroatoms. The first kappa shape index (κ1) is 8.61. The number of rotatable bonds is 2. The fourth-order valence-corrected chi connectivity index (χ4v) is 1.28. The molecule has 11 heavy (non-hydrogen) atoms. The van der Waals surface area contributed by atoms with Gasteiger partial charge >= 0.3 is 0 Å². The highest BCUT2D eigenvalue weighted by molar-refractivity contribution is 6.30. The Balaban J connectivity index is 2.71. The van der Waals surface area contributed by atoms with Crippen LogP contribution in [0.25, 0.3) is 0 Å². The van der Waals surface area contributed by atoms with Crippen LogP contribution in [0.2, 0.25) is 5.02 Å². The molecule has 1 aromatic carbocycles. The van der Waals surface area contributed by atoms with Crippen molar-refractivity contribution in [2.45, 2.75) is 20.3 Å². The molecule has 1 rings (SSSR count). The van der Waals surface area contributed by atoms with Gasteiger partial charge in [0.15, 0.2) is 0 Å². The zero-order valence-corrected chi connectivity index (χ0v) is 7.65. The maximum absolute atomic E-state index is 5.80. The van der Waals surface area contributed by atoms with Gasteiger partial charge in [0.1, 0.15) is 0 Å². The Morgan fingerprint density at radius 1 is 1.45 bits per heavy atom. The third-order valence-corrected chi connectivity index (χ3v) is 1.68. The SMILES string of the molecule is CC(C)Cc1c[c]cc(Cl)c1. The van der Waals surface area contributed by atoms with Crippen molar-refractivity contribution in [3.8, 4) is 0 Å². The normalized spacial score (nSPS) is 10.5. The van der Waals surface area contributed by atoms with Crippen molar-refractivity contribution in [3.05, 3.63) is 34.9 Å². The molecule has 1 aromatic rings. The first-order valence-corrected chi connectivity index (χ1v) is 4.22. The maximum Gasteiger partial charge on any atom is 0.0414 e. The van der Waals surface area contributed by atoms with Crippen LogP contribution in [0, 0.1) is 12.0 Å². The van der Waals surface area contributed by atoms with Crippen molar-refractivity contribution in [1.29, 1.82) is 0 Å². The molecule has 0 amide bonds. The summed E-state index contributed by atoms with van der Waals surface area (Å²) in [6, 6.07) is 8.78. The van der Waals surface area contributed by atoms with E-state index >= 15 is 0 Å². The summed E-state index contributed by atoms with van der Waals surface area (Å²) >= 11 is 5.80. The summed E-state index contributed by atoms with van der Waals surface area (Å²) in [6.45, 7) is 4.39. The molecule has 0 spiro atoms. The Hall–Kier alpha value is -0.490. The van der Waals surface area contributed by atoms with Gasteiger partial charge in [-0.05, 0) is 36.1 Å². The van der Waals surface area contributed by atoms with E-state index in [2.05, 4.69) is 19.9 Å². The molecule has 0 aromatic heterocycles. The van der Waals surface area contributed by atoms with Crippen LogP contribution in [-0.2, 0) is 6.42 Å². The Labute approximate surface area is 73.2 Å². The minimum Gasteiger partial charge on any atom is -0.0843 e. The smallest absolute Gasteiger partial charge is 0.0414 e. The Morgan fingerprint density at radius 2 is 2.18 bits per heavy atom. The van der Waals surface area contributed by atoms with E-state index in [0.717, 1.165) is 11.4 Å². The fraction of sp³-hybridized carbons (Fsp3) is 0.400. The monoisotopic (exact) mass is 167 g/mol. The quantitative estimate of drug-likeness (QED) is 0.634. The summed E-state index contributed by atoms with van der Waals surface area (Å²) < 4.78 is 0. The topological polar surface area (TPSA) is 0 Å². The molecule has 0 fully saturated rings. The second kappa shape index (κ2) is 3.77. The molecule has 0 saturated heterocycles. The second-order valence-electron chi connectivity index (χ2n) is 3.16. The van der Waals surface area contributed by atoms with Crippen LogP contribution in [0.3, 0.4) is 0 Å². The van der Waals surface area contributed by atoms with Crippen LogP contribution < -0.4 is 0 Å². The van der Waals surface area contributed by atoms with Gasteiger partial charge in [-0.25, -0.2) is 0 Å². The Bertz CT molecular complexity index is 228. The van der Waals surface area contributed by atoms with Crippen LogP contribution in [0.4, 0.5) is 0 Å². The van der Waals surface area contributed by atoms with E-state index in [9.17, 15) is 0 Å². The molecule has 0 bridgehead atoms. The first-order chi connectivity index (χ1) is 5.18. The van der Waals surface area contributed by atoms with Gasteiger partial charge in [0, 0.05) is 5.02 Å². The van der Waals surface area contributed by atoms with Gasteiger partial charge in [-0.15, -0.1) is 0 Å². The van der Waals surface area contributed by atoms with E-state index in [1.165, 1.54) is 5.56 Å². The van der Waals surface area contributed by atoms with Gasteiger partial charge < -0.3 is 0 Å². The average molecular weight is 168 g/mol. The van der Waals surface area contributed by atoms with Gasteiger partial charge in [0.05, 0.1) is 0 Å². The van der Waals surface area contributed by atoms with Gasteiger partial charge in [-0.3, -0.25) is 0 Å². The molecule has 0 aliphatic carbocycles. The van der Waals surface area contributed by atoms with Crippen LogP contribution >= 0.6 is 11.6 Å². The van der Waals surface area contributed by atoms with Crippen molar-refractivity contribution in [1.82, 2.24) is 0 Å². The molecule has 0 heterocycles. The highest BCUT2D eigenvalue weighted by Crippen LogP contribution is 2.13. The molecule has 0 aliphatic rings. The molecular formula is C10H12Cl. The lowest BCUT2D eigenvalue weighted by Crippen LogP contribution is -1.92. The average Bonchev–Trinajstić information content (AvgIpc) is 1.85. The summed E-state index contributed by atoms with van der Waals surface area (Å²) in [5.74, 6) is 0.682. The maximum atomic E-state index is 5.80. The molecular weight excluding hydrogens is 156 g/mol. The molecule has 59 valence electrons. The highest BCUT2D eigenvalue weighted by Gasteiger charge is 1.97. The molecule has 0 saturated carbocycles. The lowest BCUT2D eigenvalue weighted by Gasteiger charge is -2.03. The predicted molar refractivity (Wildman–Crippen MR) is 48.8 cm³/mol. The largest absolute Gasteiger partial charge is 0.0843 e. The number of benzene rings is 1. The van der Waals surface area contributed by atoms with Gasteiger partial charge in [-0.2, -0.15) is 0 Å². The van der Waals surface area contributed by atoms with Crippen molar-refractivity contribution < 1.29 is 0 Å². The van der Waals surface area contributed by atoms with Crippen LogP contribution in [-0.4, -0.2) is 0 Å². The van der Waals surface area contributed by atoms with E-state index in [-0.39, 0.29) is 0 Å². The fourth-order valence-electron chi connectivity index (χ4n) is 1.08. The lowest BCUT2D eigenvalue weighted by molar-refractivity contribution is 0.647. The molecule has 0 nitrogen and oxygen atoms in total. The summed E-state index contributed by atoms with van der Waals surface area (Å²) in [7, 11) is 0. The number of hydrogen-bond donors (Lipinski definition) is 0. The van der Waals surface area contributed by atoms with Crippen molar-refractivity contribution in [3.63, 3.8) is 0 Å². The third kappa shape index (κ3) is 2.94. The molecule has 0 N–H and O–H groups in total. The van der Waals surface area contributed by atoms with Crippen LogP contribution in [0.15, 0.2) is 18.2 Å². The first-order valence-electron chi connectivity index (χ1n) is 3.84. The molecule has 1 radical (unpaired) electrons. The van der Waals surface area contributed by atoms with E-state index in [1.807, 2.05) is 12.1 Å². The van der Waals surface area contributed by atoms with E-state index in [0.29, 0.717) is 5.92 Å². The second-order valence-corrected chi connectivity index (χ2v) is 3.59. The Morgan fingerprint density at radius 3 is 2.73 bits per heavy atom. The van der Waals surface area contributed by atoms with Gasteiger partial charge in [0.25, 0.3) is 0 Å². The summed E-state index contributed by atoms with van der Waals surface area (Å²) in [4.78, 5) is 0. The standard InChI is InChI=1S/C10H12Cl/c1-8(2)6-9-4-3-5-10(11)7-9/h4-5,7-8H,6H2,1-2H3. The van der Waals surface area contributed by atoms with Crippen LogP contribution in [0.5, 0.6) is 0 Å². The minimum absolute atomic E-state index is 0.682. The van der Waals surface area contributed by atoms with Crippen molar-refractivity contribution in [2.75, 3.05) is 0 Å². The zero-order valence-electron chi connectivity index (χ0n) is 6.89.